The van der Waals surface area contributed by atoms with E-state index >= 15 is 0 Å². The summed E-state index contributed by atoms with van der Waals surface area (Å²) >= 11 is 0. The highest BCUT2D eigenvalue weighted by molar-refractivity contribution is 5.44. The lowest BCUT2D eigenvalue weighted by Crippen LogP contribution is -2.28. The van der Waals surface area contributed by atoms with Crippen molar-refractivity contribution in [1.29, 1.82) is 0 Å². The summed E-state index contributed by atoms with van der Waals surface area (Å²) in [7, 11) is 1.70. The first-order chi connectivity index (χ1) is 12.4. The quantitative estimate of drug-likeness (QED) is 0.673. The fourth-order valence-electron chi connectivity index (χ4n) is 3.32. The number of hydrogen-bond acceptors (Lipinski definition) is 2. The van der Waals surface area contributed by atoms with Gasteiger partial charge < -0.3 is 9.47 Å². The molecule has 2 heteroatoms. The zero-order chi connectivity index (χ0) is 18.7. The van der Waals surface area contributed by atoms with Crippen LogP contribution in [0.15, 0.2) is 72.3 Å². The Balaban J connectivity index is 1.75. The molecule has 1 aliphatic carbocycles. The van der Waals surface area contributed by atoms with Crippen molar-refractivity contribution in [2.45, 2.75) is 39.2 Å². The molecule has 0 heterocycles. The zero-order valence-corrected chi connectivity index (χ0v) is 16.3. The average Bonchev–Trinajstić information content (AvgIpc) is 2.65. The third kappa shape index (κ3) is 3.85. The maximum absolute atomic E-state index is 6.17. The van der Waals surface area contributed by atoms with E-state index in [0.29, 0.717) is 5.92 Å². The maximum Gasteiger partial charge on any atom is 0.123 e. The molecule has 0 spiro atoms. The molecule has 2 aromatic carbocycles. The predicted octanol–water partition coefficient (Wildman–Crippen LogP) is 5.86. The van der Waals surface area contributed by atoms with Crippen molar-refractivity contribution in [3.8, 4) is 11.5 Å². The second-order valence-electron chi connectivity index (χ2n) is 7.59. The van der Waals surface area contributed by atoms with E-state index in [4.69, 9.17) is 9.47 Å². The zero-order valence-electron chi connectivity index (χ0n) is 16.3. The number of aryl methyl sites for hydroxylation is 1. The van der Waals surface area contributed by atoms with Crippen LogP contribution in [0.4, 0.5) is 0 Å². The second-order valence-corrected chi connectivity index (χ2v) is 7.59. The summed E-state index contributed by atoms with van der Waals surface area (Å²) in [5.41, 5.74) is 3.78. The first-order valence-corrected chi connectivity index (χ1v) is 9.18. The van der Waals surface area contributed by atoms with Crippen LogP contribution in [0.1, 0.15) is 31.9 Å². The van der Waals surface area contributed by atoms with Gasteiger partial charge in [-0.2, -0.15) is 0 Å². The van der Waals surface area contributed by atoms with Gasteiger partial charge in [-0.25, -0.2) is 0 Å². The SMILES string of the molecule is COc1ccc(C(C)(C)C2=CC(C)C(Oc3ccc(C)cc3)C=C2)cc1. The molecule has 0 radical (unpaired) electrons. The van der Waals surface area contributed by atoms with Gasteiger partial charge in [0, 0.05) is 11.3 Å². The first-order valence-electron chi connectivity index (χ1n) is 9.18. The molecule has 0 bridgehead atoms. The minimum absolute atomic E-state index is 0.0631. The molecule has 0 aromatic heterocycles. The number of benzene rings is 2. The van der Waals surface area contributed by atoms with Crippen molar-refractivity contribution in [3.63, 3.8) is 0 Å². The average molecular weight is 348 g/mol. The molecule has 2 aromatic rings. The third-order valence-electron chi connectivity index (χ3n) is 5.25. The summed E-state index contributed by atoms with van der Waals surface area (Å²) < 4.78 is 11.4. The van der Waals surface area contributed by atoms with Gasteiger partial charge >= 0.3 is 0 Å². The summed E-state index contributed by atoms with van der Waals surface area (Å²) in [5.74, 6) is 2.12. The molecule has 1 aliphatic rings. The fourth-order valence-corrected chi connectivity index (χ4v) is 3.32. The van der Waals surface area contributed by atoms with Crippen LogP contribution in [0.3, 0.4) is 0 Å². The number of ether oxygens (including phenoxy) is 2. The van der Waals surface area contributed by atoms with Crippen LogP contribution in [0.5, 0.6) is 11.5 Å². The van der Waals surface area contributed by atoms with Crippen molar-refractivity contribution in [2.75, 3.05) is 7.11 Å². The highest BCUT2D eigenvalue weighted by atomic mass is 16.5. The molecule has 2 nitrogen and oxygen atoms in total. The fraction of sp³-hybridized carbons (Fsp3) is 0.333. The second kappa shape index (κ2) is 7.41. The Morgan fingerprint density at radius 2 is 1.50 bits per heavy atom. The number of allylic oxidation sites excluding steroid dienone is 2. The van der Waals surface area contributed by atoms with Crippen LogP contribution in [-0.4, -0.2) is 13.2 Å². The van der Waals surface area contributed by atoms with E-state index in [1.807, 2.05) is 24.3 Å². The predicted molar refractivity (Wildman–Crippen MR) is 108 cm³/mol. The first kappa shape index (κ1) is 18.3. The Hall–Kier alpha value is -2.48. The van der Waals surface area contributed by atoms with Gasteiger partial charge in [0.25, 0.3) is 0 Å². The van der Waals surface area contributed by atoms with Gasteiger partial charge in [0.1, 0.15) is 17.6 Å². The van der Waals surface area contributed by atoms with Crippen molar-refractivity contribution in [1.82, 2.24) is 0 Å². The summed E-state index contributed by atoms with van der Waals surface area (Å²) in [6, 6.07) is 16.6. The summed E-state index contributed by atoms with van der Waals surface area (Å²) in [6.45, 7) is 8.83. The Labute approximate surface area is 157 Å². The molecule has 0 fully saturated rings. The van der Waals surface area contributed by atoms with Gasteiger partial charge in [-0.3, -0.25) is 0 Å². The van der Waals surface area contributed by atoms with E-state index < -0.39 is 0 Å². The van der Waals surface area contributed by atoms with Crippen LogP contribution in [0, 0.1) is 12.8 Å². The lowest BCUT2D eigenvalue weighted by Gasteiger charge is -2.32. The standard InChI is InChI=1S/C24H28O2/c1-17-6-11-22(12-7-17)26-23-15-10-20(16-18(23)2)24(3,4)19-8-13-21(25-5)14-9-19/h6-16,18,23H,1-5H3. The van der Waals surface area contributed by atoms with Gasteiger partial charge in [-0.05, 0) is 48.4 Å². The van der Waals surface area contributed by atoms with E-state index in [9.17, 15) is 0 Å². The molecule has 2 atom stereocenters. The monoisotopic (exact) mass is 348 g/mol. The smallest absolute Gasteiger partial charge is 0.123 e. The van der Waals surface area contributed by atoms with Crippen molar-refractivity contribution < 1.29 is 9.47 Å². The molecule has 0 N–H and O–H groups in total. The molecule has 0 amide bonds. The largest absolute Gasteiger partial charge is 0.497 e. The van der Waals surface area contributed by atoms with Crippen LogP contribution < -0.4 is 9.47 Å². The number of rotatable bonds is 5. The Kier molecular flexibility index (Phi) is 5.22. The number of hydrogen-bond donors (Lipinski definition) is 0. The molecule has 26 heavy (non-hydrogen) atoms. The topological polar surface area (TPSA) is 18.5 Å². The lowest BCUT2D eigenvalue weighted by atomic mass is 9.74. The third-order valence-corrected chi connectivity index (χ3v) is 5.25. The number of methoxy groups -OCH3 is 1. The van der Waals surface area contributed by atoms with Crippen LogP contribution in [0.25, 0.3) is 0 Å². The minimum Gasteiger partial charge on any atom is -0.497 e. The van der Waals surface area contributed by atoms with Crippen molar-refractivity contribution in [3.05, 3.63) is 83.5 Å². The van der Waals surface area contributed by atoms with E-state index in [0.717, 1.165) is 11.5 Å². The summed E-state index contributed by atoms with van der Waals surface area (Å²) in [5, 5.41) is 0. The van der Waals surface area contributed by atoms with Gasteiger partial charge in [0.15, 0.2) is 0 Å². The Morgan fingerprint density at radius 3 is 2.08 bits per heavy atom. The van der Waals surface area contributed by atoms with Gasteiger partial charge in [-0.15, -0.1) is 0 Å². The highest BCUT2D eigenvalue weighted by Crippen LogP contribution is 2.36. The molecule has 3 rings (SSSR count). The van der Waals surface area contributed by atoms with E-state index in [-0.39, 0.29) is 11.5 Å². The van der Waals surface area contributed by atoms with Gasteiger partial charge in [0.05, 0.1) is 7.11 Å². The summed E-state index contributed by atoms with van der Waals surface area (Å²) in [6.07, 6.45) is 6.80. The van der Waals surface area contributed by atoms with Crippen LogP contribution >= 0.6 is 0 Å². The molecule has 2 unspecified atom stereocenters. The normalized spacial score (nSPS) is 19.8. The van der Waals surface area contributed by atoms with Crippen molar-refractivity contribution >= 4 is 0 Å². The van der Waals surface area contributed by atoms with Crippen LogP contribution in [-0.2, 0) is 5.41 Å². The van der Waals surface area contributed by atoms with E-state index in [1.54, 1.807) is 7.11 Å². The molecule has 0 saturated heterocycles. The van der Waals surface area contributed by atoms with E-state index in [1.165, 1.54) is 16.7 Å². The van der Waals surface area contributed by atoms with Gasteiger partial charge in [0.2, 0.25) is 0 Å². The van der Waals surface area contributed by atoms with Gasteiger partial charge in [-0.1, -0.05) is 62.8 Å². The molecule has 136 valence electrons. The lowest BCUT2D eigenvalue weighted by molar-refractivity contribution is 0.208. The molecule has 0 aliphatic heterocycles. The molecule has 0 saturated carbocycles. The van der Waals surface area contributed by atoms with Crippen molar-refractivity contribution in [2.24, 2.45) is 5.92 Å². The maximum atomic E-state index is 6.17. The van der Waals surface area contributed by atoms with E-state index in [2.05, 4.69) is 70.2 Å². The Bertz CT molecular complexity index is 795. The minimum atomic E-state index is -0.0636. The molecular formula is C24H28O2. The molecular weight excluding hydrogens is 320 g/mol. The Morgan fingerprint density at radius 1 is 0.885 bits per heavy atom. The van der Waals surface area contributed by atoms with Crippen LogP contribution in [0.2, 0.25) is 0 Å². The summed E-state index contributed by atoms with van der Waals surface area (Å²) in [4.78, 5) is 0. The highest BCUT2D eigenvalue weighted by Gasteiger charge is 2.28.